The van der Waals surface area contributed by atoms with Gasteiger partial charge >= 0.3 is 6.03 Å². The van der Waals surface area contributed by atoms with Gasteiger partial charge in [-0.05, 0) is 0 Å². The lowest BCUT2D eigenvalue weighted by Crippen LogP contribution is -2.33. The summed E-state index contributed by atoms with van der Waals surface area (Å²) in [6.45, 7) is 0.735. The first kappa shape index (κ1) is 12.3. The molecular weight excluding hydrogens is 234 g/mol. The number of carbonyl (C=O) groups excluding carboxylic acids is 1. The van der Waals surface area contributed by atoms with Gasteiger partial charge in [-0.3, -0.25) is 4.79 Å². The van der Waals surface area contributed by atoms with Gasteiger partial charge < -0.3 is 16.4 Å². The predicted molar refractivity (Wildman–Crippen MR) is 60.6 cm³/mol. The summed E-state index contributed by atoms with van der Waals surface area (Å²) in [7, 11) is 1.51. The van der Waals surface area contributed by atoms with Gasteiger partial charge in [0.2, 0.25) is 0 Å². The van der Waals surface area contributed by atoms with Gasteiger partial charge in [-0.15, -0.1) is 0 Å². The normalized spacial score (nSPS) is 9.88. The molecule has 1 aromatic heterocycles. The summed E-state index contributed by atoms with van der Waals surface area (Å²) in [4.78, 5) is 21.7. The van der Waals surface area contributed by atoms with E-state index in [1.165, 1.54) is 13.2 Å². The lowest BCUT2D eigenvalue weighted by Gasteiger charge is -2.08. The molecule has 0 bridgehead atoms. The van der Waals surface area contributed by atoms with E-state index in [9.17, 15) is 9.59 Å². The average molecular weight is 246 g/mol. The second-order valence-electron chi connectivity index (χ2n) is 3.02. The number of aryl methyl sites for hydroxylation is 1. The predicted octanol–water partition coefficient (Wildman–Crippen LogP) is -0.486. The van der Waals surface area contributed by atoms with Crippen LogP contribution in [0.1, 0.15) is 0 Å². The van der Waals surface area contributed by atoms with Crippen LogP contribution in [0.15, 0.2) is 11.0 Å². The van der Waals surface area contributed by atoms with Crippen molar-refractivity contribution in [1.29, 1.82) is 0 Å². The molecule has 1 rings (SSSR count). The Morgan fingerprint density at radius 3 is 2.94 bits per heavy atom. The molecule has 0 saturated carbocycles. The molecule has 0 aliphatic rings. The number of nitrogens with one attached hydrogen (secondary N) is 2. The van der Waals surface area contributed by atoms with Gasteiger partial charge in [0.05, 0.1) is 11.9 Å². The highest BCUT2D eigenvalue weighted by Crippen LogP contribution is 2.13. The molecule has 8 heteroatoms. The Kier molecular flexibility index (Phi) is 4.12. The van der Waals surface area contributed by atoms with Crippen molar-refractivity contribution in [3.05, 3.63) is 21.6 Å². The number of primary amides is 1. The smallest absolute Gasteiger partial charge is 0.312 e. The zero-order valence-corrected chi connectivity index (χ0v) is 9.41. The van der Waals surface area contributed by atoms with Crippen LogP contribution < -0.4 is 21.9 Å². The van der Waals surface area contributed by atoms with E-state index in [1.54, 1.807) is 0 Å². The number of amides is 2. The molecule has 0 saturated heterocycles. The summed E-state index contributed by atoms with van der Waals surface area (Å²) < 4.78 is 1.13. The maximum atomic E-state index is 11.4. The molecule has 7 nitrogen and oxygen atoms in total. The van der Waals surface area contributed by atoms with Crippen molar-refractivity contribution >= 4 is 23.3 Å². The van der Waals surface area contributed by atoms with Gasteiger partial charge in [0.1, 0.15) is 5.02 Å². The quantitative estimate of drug-likeness (QED) is 0.623. The Morgan fingerprint density at radius 2 is 2.31 bits per heavy atom. The highest BCUT2D eigenvalue weighted by atomic mass is 35.5. The molecule has 0 aliphatic carbocycles. The minimum absolute atomic E-state index is 0.0663. The molecule has 16 heavy (non-hydrogen) atoms. The number of anilines is 1. The molecule has 0 aliphatic heterocycles. The fourth-order valence-corrected chi connectivity index (χ4v) is 1.25. The maximum absolute atomic E-state index is 11.4. The van der Waals surface area contributed by atoms with Crippen molar-refractivity contribution in [3.63, 3.8) is 0 Å². The number of rotatable bonds is 4. The third kappa shape index (κ3) is 3.13. The van der Waals surface area contributed by atoms with Crippen molar-refractivity contribution in [3.8, 4) is 0 Å². The third-order valence-corrected chi connectivity index (χ3v) is 2.18. The summed E-state index contributed by atoms with van der Waals surface area (Å²) in [5.74, 6) is 0. The largest absolute Gasteiger partial charge is 0.381 e. The Hall–Kier alpha value is -1.76. The van der Waals surface area contributed by atoms with Crippen LogP contribution in [-0.4, -0.2) is 28.9 Å². The van der Waals surface area contributed by atoms with E-state index in [0.29, 0.717) is 18.8 Å². The van der Waals surface area contributed by atoms with Gasteiger partial charge in [0, 0.05) is 20.1 Å². The van der Waals surface area contributed by atoms with Crippen LogP contribution in [0.25, 0.3) is 0 Å². The molecular formula is C8H12ClN5O2. The zero-order chi connectivity index (χ0) is 12.1. The standard InChI is InChI=1S/C8H12ClN5O2/c1-14-7(15)6(9)5(4-13-14)11-2-3-12-8(10)16/h4,11H,2-3H2,1H3,(H3,10,12,16). The van der Waals surface area contributed by atoms with E-state index in [2.05, 4.69) is 15.7 Å². The van der Waals surface area contributed by atoms with Crippen LogP contribution in [0.3, 0.4) is 0 Å². The van der Waals surface area contributed by atoms with Gasteiger partial charge in [0.25, 0.3) is 5.56 Å². The number of hydrogen-bond donors (Lipinski definition) is 3. The maximum Gasteiger partial charge on any atom is 0.312 e. The van der Waals surface area contributed by atoms with Crippen molar-refractivity contribution in [2.45, 2.75) is 0 Å². The van der Waals surface area contributed by atoms with Crippen molar-refractivity contribution < 1.29 is 4.79 Å². The van der Waals surface area contributed by atoms with Crippen LogP contribution in [0.2, 0.25) is 5.02 Å². The number of urea groups is 1. The number of carbonyl (C=O) groups is 1. The van der Waals surface area contributed by atoms with Gasteiger partial charge in [-0.2, -0.15) is 5.10 Å². The molecule has 0 atom stereocenters. The minimum Gasteiger partial charge on any atom is -0.381 e. The van der Waals surface area contributed by atoms with Crippen molar-refractivity contribution in [2.24, 2.45) is 12.8 Å². The van der Waals surface area contributed by atoms with Gasteiger partial charge in [-0.25, -0.2) is 9.48 Å². The molecule has 1 heterocycles. The average Bonchev–Trinajstić information content (AvgIpc) is 2.23. The van der Waals surface area contributed by atoms with Gasteiger partial charge in [0.15, 0.2) is 0 Å². The Morgan fingerprint density at radius 1 is 1.62 bits per heavy atom. The molecule has 0 radical (unpaired) electrons. The van der Waals surface area contributed by atoms with E-state index < -0.39 is 6.03 Å². The van der Waals surface area contributed by atoms with E-state index >= 15 is 0 Å². The SMILES string of the molecule is Cn1ncc(NCCNC(N)=O)c(Cl)c1=O. The molecule has 1 aromatic rings. The zero-order valence-electron chi connectivity index (χ0n) is 8.66. The Balaban J connectivity index is 2.58. The molecule has 2 amide bonds. The molecule has 0 unspecified atom stereocenters. The third-order valence-electron chi connectivity index (χ3n) is 1.82. The first-order valence-electron chi connectivity index (χ1n) is 4.51. The van der Waals surface area contributed by atoms with E-state index in [4.69, 9.17) is 17.3 Å². The number of nitrogens with zero attached hydrogens (tertiary/aromatic N) is 2. The van der Waals surface area contributed by atoms with Crippen molar-refractivity contribution in [2.75, 3.05) is 18.4 Å². The summed E-state index contributed by atoms with van der Waals surface area (Å²) in [6, 6.07) is -0.602. The number of nitrogens with two attached hydrogens (primary N) is 1. The topological polar surface area (TPSA) is 102 Å². The molecule has 0 aromatic carbocycles. The highest BCUT2D eigenvalue weighted by molar-refractivity contribution is 6.32. The van der Waals surface area contributed by atoms with Crippen LogP contribution in [0.4, 0.5) is 10.5 Å². The first-order valence-corrected chi connectivity index (χ1v) is 4.89. The monoisotopic (exact) mass is 245 g/mol. The van der Waals surface area contributed by atoms with Crippen LogP contribution in [0, 0.1) is 0 Å². The molecule has 88 valence electrons. The molecule has 0 spiro atoms. The highest BCUT2D eigenvalue weighted by Gasteiger charge is 2.06. The van der Waals surface area contributed by atoms with Crippen LogP contribution >= 0.6 is 11.6 Å². The van der Waals surface area contributed by atoms with Gasteiger partial charge in [-0.1, -0.05) is 11.6 Å². The summed E-state index contributed by atoms with van der Waals surface area (Å²) in [5.41, 5.74) is 4.92. The lowest BCUT2D eigenvalue weighted by atomic mass is 10.4. The minimum atomic E-state index is -0.602. The Bertz CT molecular complexity index is 445. The molecule has 4 N–H and O–H groups in total. The fraction of sp³-hybridized carbons (Fsp3) is 0.375. The van der Waals surface area contributed by atoms with Crippen molar-refractivity contribution in [1.82, 2.24) is 15.1 Å². The Labute approximate surface area is 96.6 Å². The number of aromatic nitrogens is 2. The first-order chi connectivity index (χ1) is 7.52. The molecule has 0 fully saturated rings. The second-order valence-corrected chi connectivity index (χ2v) is 3.40. The fourth-order valence-electron chi connectivity index (χ4n) is 1.02. The summed E-state index contributed by atoms with van der Waals surface area (Å²) in [5, 5.41) is 9.11. The van der Waals surface area contributed by atoms with Crippen LogP contribution in [-0.2, 0) is 7.05 Å². The summed E-state index contributed by atoms with van der Waals surface area (Å²) >= 11 is 5.79. The van der Waals surface area contributed by atoms with E-state index in [0.717, 1.165) is 4.68 Å². The van der Waals surface area contributed by atoms with E-state index in [-0.39, 0.29) is 10.6 Å². The lowest BCUT2D eigenvalue weighted by molar-refractivity contribution is 0.249. The number of hydrogen-bond acceptors (Lipinski definition) is 4. The second kappa shape index (κ2) is 5.36. The summed E-state index contributed by atoms with van der Waals surface area (Å²) in [6.07, 6.45) is 1.44. The van der Waals surface area contributed by atoms with Crippen LogP contribution in [0.5, 0.6) is 0 Å². The number of halogens is 1. The van der Waals surface area contributed by atoms with E-state index in [1.807, 2.05) is 0 Å².